The van der Waals surface area contributed by atoms with Crippen LogP contribution in [0.25, 0.3) is 0 Å². The highest BCUT2D eigenvalue weighted by Crippen LogP contribution is 1.95. The van der Waals surface area contributed by atoms with Gasteiger partial charge in [0.25, 0.3) is 0 Å². The highest BCUT2D eigenvalue weighted by Gasteiger charge is 1.99. The third-order valence-electron chi connectivity index (χ3n) is 1.45. The average molecular weight is 200 g/mol. The lowest BCUT2D eigenvalue weighted by Crippen LogP contribution is -2.24. The van der Waals surface area contributed by atoms with Gasteiger partial charge in [-0.2, -0.15) is 0 Å². The van der Waals surface area contributed by atoms with Crippen LogP contribution in [0, 0.1) is 6.92 Å². The predicted molar refractivity (Wildman–Crippen MR) is 49.3 cm³/mol. The van der Waals surface area contributed by atoms with Crippen LogP contribution in [-0.4, -0.2) is 21.8 Å². The second-order valence-corrected chi connectivity index (χ2v) is 2.83. The summed E-state index contributed by atoms with van der Waals surface area (Å²) < 4.78 is 0. The van der Waals surface area contributed by atoms with Gasteiger partial charge in [0.2, 0.25) is 5.91 Å². The third kappa shape index (κ3) is 3.38. The molecule has 1 aromatic rings. The van der Waals surface area contributed by atoms with E-state index in [0.29, 0.717) is 6.54 Å². The largest absolute Gasteiger partial charge is 0.349 e. The molecule has 0 atom stereocenters. The van der Waals surface area contributed by atoms with E-state index in [1.54, 1.807) is 0 Å². The first kappa shape index (κ1) is 9.92. The van der Waals surface area contributed by atoms with E-state index in [4.69, 9.17) is 11.6 Å². The smallest absolute Gasteiger partial charge is 0.235 e. The van der Waals surface area contributed by atoms with Gasteiger partial charge in [-0.1, -0.05) is 0 Å². The number of hydrogen-bond acceptors (Lipinski definition) is 3. The molecule has 70 valence electrons. The minimum atomic E-state index is -0.196. The van der Waals surface area contributed by atoms with E-state index in [1.165, 1.54) is 6.33 Å². The fraction of sp³-hybridized carbons (Fsp3) is 0.375. The molecule has 4 nitrogen and oxygen atoms in total. The Bertz CT molecular complexity index is 303. The van der Waals surface area contributed by atoms with E-state index in [-0.39, 0.29) is 11.8 Å². The zero-order valence-electron chi connectivity index (χ0n) is 7.25. The Morgan fingerprint density at radius 3 is 3.00 bits per heavy atom. The zero-order valence-corrected chi connectivity index (χ0v) is 8.01. The second-order valence-electron chi connectivity index (χ2n) is 2.56. The number of halogens is 1. The normalized spacial score (nSPS) is 9.69. The molecule has 0 radical (unpaired) electrons. The Morgan fingerprint density at radius 2 is 2.38 bits per heavy atom. The minimum Gasteiger partial charge on any atom is -0.349 e. The van der Waals surface area contributed by atoms with Crippen LogP contribution in [0.15, 0.2) is 12.4 Å². The fourth-order valence-corrected chi connectivity index (χ4v) is 0.937. The van der Waals surface area contributed by atoms with Gasteiger partial charge in [0.1, 0.15) is 12.2 Å². The number of amides is 1. The Balaban J connectivity index is 2.50. The molecular formula is C8H10ClN3O. The van der Waals surface area contributed by atoms with Crippen molar-refractivity contribution in [2.24, 2.45) is 0 Å². The Kier molecular flexibility index (Phi) is 3.64. The van der Waals surface area contributed by atoms with Crippen molar-refractivity contribution >= 4 is 17.5 Å². The van der Waals surface area contributed by atoms with Crippen LogP contribution in [0.1, 0.15) is 11.4 Å². The SMILES string of the molecule is Cc1cc(CNC(=O)CCl)ncn1. The summed E-state index contributed by atoms with van der Waals surface area (Å²) in [6.07, 6.45) is 1.47. The number of nitrogens with one attached hydrogen (secondary N) is 1. The molecule has 0 aromatic carbocycles. The highest BCUT2D eigenvalue weighted by molar-refractivity contribution is 6.27. The summed E-state index contributed by atoms with van der Waals surface area (Å²) in [5.74, 6) is -0.220. The summed E-state index contributed by atoms with van der Waals surface area (Å²) in [6.45, 7) is 2.27. The molecular weight excluding hydrogens is 190 g/mol. The summed E-state index contributed by atoms with van der Waals surface area (Å²) in [6, 6.07) is 1.81. The molecule has 0 bridgehead atoms. The van der Waals surface area contributed by atoms with Crippen molar-refractivity contribution in [1.82, 2.24) is 15.3 Å². The van der Waals surface area contributed by atoms with E-state index >= 15 is 0 Å². The molecule has 0 saturated carbocycles. The molecule has 1 aromatic heterocycles. The average Bonchev–Trinajstić information content (AvgIpc) is 2.14. The van der Waals surface area contributed by atoms with Crippen LogP contribution < -0.4 is 5.32 Å². The van der Waals surface area contributed by atoms with Crippen LogP contribution in [0.3, 0.4) is 0 Å². The van der Waals surface area contributed by atoms with Gasteiger partial charge in [-0.3, -0.25) is 4.79 Å². The molecule has 1 rings (SSSR count). The quantitative estimate of drug-likeness (QED) is 0.727. The van der Waals surface area contributed by atoms with E-state index in [9.17, 15) is 4.79 Å². The number of rotatable bonds is 3. The van der Waals surface area contributed by atoms with Gasteiger partial charge < -0.3 is 5.32 Å². The van der Waals surface area contributed by atoms with Gasteiger partial charge in [-0.25, -0.2) is 9.97 Å². The van der Waals surface area contributed by atoms with Crippen molar-refractivity contribution in [3.63, 3.8) is 0 Å². The number of alkyl halides is 1. The monoisotopic (exact) mass is 199 g/mol. The Hall–Kier alpha value is -1.16. The van der Waals surface area contributed by atoms with Crippen molar-refractivity contribution in [2.75, 3.05) is 5.88 Å². The molecule has 13 heavy (non-hydrogen) atoms. The zero-order chi connectivity index (χ0) is 9.68. The van der Waals surface area contributed by atoms with Crippen LogP contribution in [0.4, 0.5) is 0 Å². The van der Waals surface area contributed by atoms with E-state index in [2.05, 4.69) is 15.3 Å². The first-order chi connectivity index (χ1) is 6.22. The van der Waals surface area contributed by atoms with Crippen LogP contribution >= 0.6 is 11.6 Å². The summed E-state index contributed by atoms with van der Waals surface area (Å²) in [5.41, 5.74) is 1.66. The maximum absolute atomic E-state index is 10.8. The third-order valence-corrected chi connectivity index (χ3v) is 1.69. The van der Waals surface area contributed by atoms with Crippen molar-refractivity contribution in [2.45, 2.75) is 13.5 Å². The molecule has 0 unspecified atom stereocenters. The standard InChI is InChI=1S/C8H10ClN3O/c1-6-2-7(12-5-11-6)4-10-8(13)3-9/h2,5H,3-4H2,1H3,(H,10,13). The lowest BCUT2D eigenvalue weighted by molar-refractivity contribution is -0.118. The van der Waals surface area contributed by atoms with E-state index in [0.717, 1.165) is 11.4 Å². The molecule has 0 aliphatic heterocycles. The number of nitrogens with zero attached hydrogens (tertiary/aromatic N) is 2. The molecule has 1 amide bonds. The lowest BCUT2D eigenvalue weighted by Gasteiger charge is -2.01. The topological polar surface area (TPSA) is 54.9 Å². The summed E-state index contributed by atoms with van der Waals surface area (Å²) in [7, 11) is 0. The fourth-order valence-electron chi connectivity index (χ4n) is 0.843. The summed E-state index contributed by atoms with van der Waals surface area (Å²) in [5, 5.41) is 2.61. The van der Waals surface area contributed by atoms with Crippen LogP contribution in [0.5, 0.6) is 0 Å². The molecule has 0 saturated heterocycles. The number of carbonyl (C=O) groups is 1. The van der Waals surface area contributed by atoms with Crippen molar-refractivity contribution in [3.05, 3.63) is 23.8 Å². The van der Waals surface area contributed by atoms with E-state index in [1.807, 2.05) is 13.0 Å². The van der Waals surface area contributed by atoms with Crippen LogP contribution in [-0.2, 0) is 11.3 Å². The molecule has 5 heteroatoms. The summed E-state index contributed by atoms with van der Waals surface area (Å²) in [4.78, 5) is 18.7. The van der Waals surface area contributed by atoms with Crippen molar-refractivity contribution < 1.29 is 4.79 Å². The predicted octanol–water partition coefficient (Wildman–Crippen LogP) is 0.640. The van der Waals surface area contributed by atoms with Crippen LogP contribution in [0.2, 0.25) is 0 Å². The lowest BCUT2D eigenvalue weighted by atomic mass is 10.3. The molecule has 0 aliphatic rings. The van der Waals surface area contributed by atoms with Gasteiger partial charge in [-0.05, 0) is 13.0 Å². The maximum atomic E-state index is 10.8. The maximum Gasteiger partial charge on any atom is 0.235 e. The second kappa shape index (κ2) is 4.77. The molecule has 0 fully saturated rings. The molecule has 1 N–H and O–H groups in total. The number of carbonyl (C=O) groups excluding carboxylic acids is 1. The molecule has 0 aliphatic carbocycles. The number of aromatic nitrogens is 2. The molecule has 0 spiro atoms. The Morgan fingerprint density at radius 1 is 1.62 bits per heavy atom. The van der Waals surface area contributed by atoms with Gasteiger partial charge in [0, 0.05) is 5.69 Å². The molecule has 1 heterocycles. The van der Waals surface area contributed by atoms with Gasteiger partial charge in [0.05, 0.1) is 12.2 Å². The Labute approximate surface area is 81.3 Å². The number of aryl methyl sites for hydroxylation is 1. The van der Waals surface area contributed by atoms with Gasteiger partial charge >= 0.3 is 0 Å². The number of hydrogen-bond donors (Lipinski definition) is 1. The van der Waals surface area contributed by atoms with Crippen molar-refractivity contribution in [3.8, 4) is 0 Å². The highest BCUT2D eigenvalue weighted by atomic mass is 35.5. The van der Waals surface area contributed by atoms with Gasteiger partial charge in [0.15, 0.2) is 0 Å². The first-order valence-electron chi connectivity index (χ1n) is 3.82. The van der Waals surface area contributed by atoms with Crippen molar-refractivity contribution in [1.29, 1.82) is 0 Å². The minimum absolute atomic E-state index is 0.0237. The van der Waals surface area contributed by atoms with Gasteiger partial charge in [-0.15, -0.1) is 11.6 Å². The summed E-state index contributed by atoms with van der Waals surface area (Å²) >= 11 is 5.30. The first-order valence-corrected chi connectivity index (χ1v) is 4.36. The van der Waals surface area contributed by atoms with E-state index < -0.39 is 0 Å².